The fraction of sp³-hybridized carbons (Fsp3) is 0.550. The van der Waals surface area contributed by atoms with Crippen LogP contribution in [-0.4, -0.2) is 41.8 Å². The molecule has 1 aliphatic carbocycles. The summed E-state index contributed by atoms with van der Waals surface area (Å²) in [7, 11) is 0. The van der Waals surface area contributed by atoms with E-state index >= 15 is 0 Å². The molecule has 25 heavy (non-hydrogen) atoms. The zero-order valence-electron chi connectivity index (χ0n) is 14.8. The highest BCUT2D eigenvalue weighted by molar-refractivity contribution is 7.11. The van der Waals surface area contributed by atoms with Crippen LogP contribution in [0.1, 0.15) is 28.2 Å². The maximum atomic E-state index is 6.16. The first-order valence-electron chi connectivity index (χ1n) is 9.17. The predicted molar refractivity (Wildman–Crippen MR) is 99.6 cm³/mol. The fourth-order valence-corrected chi connectivity index (χ4v) is 5.01. The lowest BCUT2D eigenvalue weighted by Crippen LogP contribution is -2.50. The number of pyridine rings is 1. The van der Waals surface area contributed by atoms with Crippen molar-refractivity contribution in [2.24, 2.45) is 5.92 Å². The minimum atomic E-state index is 0.323. The summed E-state index contributed by atoms with van der Waals surface area (Å²) in [6.45, 7) is 6.54. The Morgan fingerprint density at radius 2 is 2.28 bits per heavy atom. The topological polar surface area (TPSA) is 34.6 Å². The van der Waals surface area contributed by atoms with Crippen LogP contribution in [0.2, 0.25) is 0 Å². The number of nitrogens with zero attached hydrogens (tertiary/aromatic N) is 2. The Morgan fingerprint density at radius 3 is 3.08 bits per heavy atom. The Morgan fingerprint density at radius 1 is 1.32 bits per heavy atom. The van der Waals surface area contributed by atoms with Gasteiger partial charge < -0.3 is 9.47 Å². The van der Waals surface area contributed by atoms with Gasteiger partial charge in [0.05, 0.1) is 25.9 Å². The van der Waals surface area contributed by atoms with Gasteiger partial charge in [0.1, 0.15) is 0 Å². The van der Waals surface area contributed by atoms with Crippen LogP contribution in [0.5, 0.6) is 0 Å². The maximum absolute atomic E-state index is 6.16. The van der Waals surface area contributed by atoms with Crippen molar-refractivity contribution in [1.82, 2.24) is 9.88 Å². The van der Waals surface area contributed by atoms with E-state index in [0.29, 0.717) is 24.7 Å². The molecule has 134 valence electrons. The van der Waals surface area contributed by atoms with Crippen LogP contribution in [0.25, 0.3) is 0 Å². The summed E-state index contributed by atoms with van der Waals surface area (Å²) in [5, 5.41) is 0. The van der Waals surface area contributed by atoms with Gasteiger partial charge in [0.25, 0.3) is 0 Å². The van der Waals surface area contributed by atoms with Crippen molar-refractivity contribution in [2.75, 3.05) is 19.8 Å². The van der Waals surface area contributed by atoms with Crippen LogP contribution >= 0.6 is 11.3 Å². The van der Waals surface area contributed by atoms with Crippen LogP contribution in [0.4, 0.5) is 0 Å². The molecule has 0 amide bonds. The molecule has 5 heteroatoms. The molecule has 3 unspecified atom stereocenters. The number of aromatic nitrogens is 1. The Hall–Kier alpha value is -1.27. The van der Waals surface area contributed by atoms with E-state index in [4.69, 9.17) is 9.47 Å². The van der Waals surface area contributed by atoms with E-state index in [1.54, 1.807) is 6.20 Å². The van der Waals surface area contributed by atoms with Crippen molar-refractivity contribution in [1.29, 1.82) is 0 Å². The number of fused-ring (bicyclic) bond motifs is 1. The SMILES string of the molecule is Cc1ccc(CN2CCOC3C(COCc4cccnc4)CCC32)s1. The minimum absolute atomic E-state index is 0.323. The molecule has 1 saturated carbocycles. The molecule has 3 atom stereocenters. The first-order valence-corrected chi connectivity index (χ1v) is 9.99. The molecular weight excluding hydrogens is 332 g/mol. The Bertz CT molecular complexity index is 675. The monoisotopic (exact) mass is 358 g/mol. The first-order chi connectivity index (χ1) is 12.3. The largest absolute Gasteiger partial charge is 0.376 e. The predicted octanol–water partition coefficient (Wildman–Crippen LogP) is 3.65. The highest BCUT2D eigenvalue weighted by atomic mass is 32.1. The quantitative estimate of drug-likeness (QED) is 0.789. The second-order valence-electron chi connectivity index (χ2n) is 7.10. The van der Waals surface area contributed by atoms with Gasteiger partial charge in [-0.2, -0.15) is 0 Å². The van der Waals surface area contributed by atoms with E-state index in [0.717, 1.165) is 31.9 Å². The number of morpholine rings is 1. The third-order valence-electron chi connectivity index (χ3n) is 5.31. The Kier molecular flexibility index (Phi) is 5.46. The van der Waals surface area contributed by atoms with Gasteiger partial charge in [-0.25, -0.2) is 0 Å². The number of rotatable bonds is 6. The normalized spacial score (nSPS) is 26.7. The second kappa shape index (κ2) is 7.96. The van der Waals surface area contributed by atoms with Crippen molar-refractivity contribution in [3.63, 3.8) is 0 Å². The zero-order valence-corrected chi connectivity index (χ0v) is 15.6. The highest BCUT2D eigenvalue weighted by Crippen LogP contribution is 2.36. The fourth-order valence-electron chi connectivity index (χ4n) is 4.09. The van der Waals surface area contributed by atoms with Gasteiger partial charge >= 0.3 is 0 Å². The molecular formula is C20H26N2O2S. The molecule has 2 aromatic rings. The third kappa shape index (κ3) is 4.11. The molecule has 1 aliphatic heterocycles. The molecule has 2 aromatic heterocycles. The van der Waals surface area contributed by atoms with Crippen LogP contribution in [0.15, 0.2) is 36.7 Å². The summed E-state index contributed by atoms with van der Waals surface area (Å²) in [6.07, 6.45) is 6.41. The average Bonchev–Trinajstić information content (AvgIpc) is 3.23. The molecule has 2 fully saturated rings. The van der Waals surface area contributed by atoms with Crippen molar-refractivity contribution < 1.29 is 9.47 Å². The zero-order chi connectivity index (χ0) is 17.1. The van der Waals surface area contributed by atoms with Gasteiger partial charge in [-0.1, -0.05) is 6.07 Å². The molecule has 0 spiro atoms. The first kappa shape index (κ1) is 17.2. The van der Waals surface area contributed by atoms with Crippen LogP contribution in [-0.2, 0) is 22.6 Å². The standard InChI is InChI=1S/C20H26N2O2S/c1-15-4-6-18(25-15)12-22-9-10-24-20-17(5-7-19(20)22)14-23-13-16-3-2-8-21-11-16/h2-4,6,8,11,17,19-20H,5,7,9-10,12-14H2,1H3. The van der Waals surface area contributed by atoms with Crippen molar-refractivity contribution in [3.05, 3.63) is 52.0 Å². The summed E-state index contributed by atoms with van der Waals surface area (Å²) < 4.78 is 12.1. The lowest BCUT2D eigenvalue weighted by atomic mass is 10.0. The number of thiophene rings is 1. The van der Waals surface area contributed by atoms with Gasteiger partial charge in [-0.3, -0.25) is 9.88 Å². The van der Waals surface area contributed by atoms with Crippen molar-refractivity contribution in [3.8, 4) is 0 Å². The van der Waals surface area contributed by atoms with Gasteiger partial charge in [0.15, 0.2) is 0 Å². The summed E-state index contributed by atoms with van der Waals surface area (Å²) in [6, 6.07) is 9.06. The number of hydrogen-bond acceptors (Lipinski definition) is 5. The molecule has 0 aromatic carbocycles. The smallest absolute Gasteiger partial charge is 0.0781 e. The van der Waals surface area contributed by atoms with Gasteiger partial charge in [0.2, 0.25) is 0 Å². The van der Waals surface area contributed by atoms with Crippen LogP contribution in [0.3, 0.4) is 0 Å². The maximum Gasteiger partial charge on any atom is 0.0781 e. The lowest BCUT2D eigenvalue weighted by molar-refractivity contribution is -0.0889. The van der Waals surface area contributed by atoms with E-state index in [-0.39, 0.29) is 0 Å². The molecule has 4 nitrogen and oxygen atoms in total. The Labute approximate surface area is 153 Å². The van der Waals surface area contributed by atoms with Crippen molar-refractivity contribution >= 4 is 11.3 Å². The summed E-state index contributed by atoms with van der Waals surface area (Å²) >= 11 is 1.91. The molecule has 0 N–H and O–H groups in total. The van der Waals surface area contributed by atoms with Crippen LogP contribution in [0, 0.1) is 12.8 Å². The second-order valence-corrected chi connectivity index (χ2v) is 8.47. The molecule has 4 rings (SSSR count). The third-order valence-corrected chi connectivity index (χ3v) is 6.30. The van der Waals surface area contributed by atoms with E-state index in [1.807, 2.05) is 23.6 Å². The van der Waals surface area contributed by atoms with Gasteiger partial charge in [-0.15, -0.1) is 11.3 Å². The molecule has 1 saturated heterocycles. The average molecular weight is 359 g/mol. The summed E-state index contributed by atoms with van der Waals surface area (Å²) in [5.74, 6) is 0.509. The van der Waals surface area contributed by atoms with E-state index in [2.05, 4.69) is 35.0 Å². The van der Waals surface area contributed by atoms with E-state index in [9.17, 15) is 0 Å². The lowest BCUT2D eigenvalue weighted by Gasteiger charge is -2.39. The van der Waals surface area contributed by atoms with Gasteiger partial charge in [-0.05, 0) is 43.5 Å². The minimum Gasteiger partial charge on any atom is -0.376 e. The van der Waals surface area contributed by atoms with Gasteiger partial charge in [0, 0.05) is 47.2 Å². The van der Waals surface area contributed by atoms with E-state index < -0.39 is 0 Å². The molecule has 2 aliphatic rings. The van der Waals surface area contributed by atoms with E-state index in [1.165, 1.54) is 22.6 Å². The number of ether oxygens (including phenoxy) is 2. The summed E-state index contributed by atoms with van der Waals surface area (Å²) in [4.78, 5) is 9.63. The Balaban J connectivity index is 1.31. The highest BCUT2D eigenvalue weighted by Gasteiger charge is 2.42. The number of aryl methyl sites for hydroxylation is 1. The van der Waals surface area contributed by atoms with Crippen LogP contribution < -0.4 is 0 Å². The number of hydrogen-bond donors (Lipinski definition) is 0. The molecule has 0 radical (unpaired) electrons. The summed E-state index contributed by atoms with van der Waals surface area (Å²) in [5.41, 5.74) is 1.14. The molecule has 0 bridgehead atoms. The van der Waals surface area contributed by atoms with Crippen molar-refractivity contribution in [2.45, 2.75) is 45.1 Å². The molecule has 3 heterocycles.